The highest BCUT2D eigenvalue weighted by molar-refractivity contribution is 5.88. The molecule has 0 fully saturated rings. The van der Waals surface area contributed by atoms with Crippen molar-refractivity contribution < 1.29 is 14.6 Å². The first kappa shape index (κ1) is 12.3. The summed E-state index contributed by atoms with van der Waals surface area (Å²) in [4.78, 5) is 21.0. The van der Waals surface area contributed by atoms with Gasteiger partial charge in [-0.25, -0.2) is 4.79 Å². The summed E-state index contributed by atoms with van der Waals surface area (Å²) in [5.74, 6) is -0.512. The van der Waals surface area contributed by atoms with E-state index in [1.807, 2.05) is 49.4 Å². The zero-order chi connectivity index (χ0) is 12.8. The third-order valence-electron chi connectivity index (χ3n) is 2.39. The minimum absolute atomic E-state index is 0.460. The summed E-state index contributed by atoms with van der Waals surface area (Å²) in [6.07, 6.45) is 0. The molecule has 0 aliphatic carbocycles. The summed E-state index contributed by atoms with van der Waals surface area (Å²) in [6, 6.07) is 16.4. The Morgan fingerprint density at radius 1 is 1.00 bits per heavy atom. The molecule has 0 aliphatic heterocycles. The van der Waals surface area contributed by atoms with Crippen LogP contribution in [0.3, 0.4) is 0 Å². The van der Waals surface area contributed by atoms with Crippen molar-refractivity contribution in [2.75, 3.05) is 0 Å². The van der Waals surface area contributed by atoms with Crippen LogP contribution in [0.5, 0.6) is 0 Å². The van der Waals surface area contributed by atoms with Crippen molar-refractivity contribution in [3.8, 4) is 0 Å². The molecule has 0 atom stereocenters. The number of hydrogen-bond acceptors (Lipinski definition) is 3. The average Bonchev–Trinajstić information content (AvgIpc) is 2.40. The van der Waals surface area contributed by atoms with Gasteiger partial charge in [0.1, 0.15) is 0 Å². The number of aryl methyl sites for hydroxylation is 1. The lowest BCUT2D eigenvalue weighted by molar-refractivity contribution is -0.207. The van der Waals surface area contributed by atoms with Crippen LogP contribution in [0.2, 0.25) is 0 Å². The molecule has 0 amide bonds. The molecule has 0 unspecified atom stereocenters. The highest BCUT2D eigenvalue weighted by Crippen LogP contribution is 2.07. The fourth-order valence-electron chi connectivity index (χ4n) is 1.39. The lowest BCUT2D eigenvalue weighted by Crippen LogP contribution is -2.05. The second-order valence-corrected chi connectivity index (χ2v) is 3.86. The van der Waals surface area contributed by atoms with Gasteiger partial charge in [0, 0.05) is 0 Å². The minimum Gasteiger partial charge on any atom is -0.292 e. The van der Waals surface area contributed by atoms with Gasteiger partial charge in [-0.3, -0.25) is 4.89 Å². The summed E-state index contributed by atoms with van der Waals surface area (Å²) in [5, 5.41) is 0. The van der Waals surface area contributed by atoms with Gasteiger partial charge in [0.25, 0.3) is 0 Å². The largest absolute Gasteiger partial charge is 0.373 e. The van der Waals surface area contributed by atoms with Gasteiger partial charge in [-0.2, -0.15) is 4.89 Å². The predicted octanol–water partition coefficient (Wildman–Crippen LogP) is 3.29. The van der Waals surface area contributed by atoms with E-state index in [0.717, 1.165) is 11.1 Å². The molecule has 0 N–H and O–H groups in total. The third-order valence-corrected chi connectivity index (χ3v) is 2.39. The summed E-state index contributed by atoms with van der Waals surface area (Å²) < 4.78 is 0. The number of carbonyl (C=O) groups is 1. The average molecular weight is 241 g/mol. The van der Waals surface area contributed by atoms with Crippen LogP contribution in [0.15, 0.2) is 54.6 Å². The molecule has 0 saturated heterocycles. The first-order valence-corrected chi connectivity index (χ1v) is 5.58. The van der Waals surface area contributed by atoms with Crippen LogP contribution in [0.1, 0.15) is 21.5 Å². The monoisotopic (exact) mass is 241 g/mol. The Morgan fingerprint density at radius 3 is 2.33 bits per heavy atom. The lowest BCUT2D eigenvalue weighted by Gasteiger charge is -2.03. The first-order valence-electron chi connectivity index (χ1n) is 5.58. The summed E-state index contributed by atoms with van der Waals surface area (Å²) in [6.45, 7) is 3.33. The zero-order valence-electron chi connectivity index (χ0n) is 10.00. The Morgan fingerprint density at radius 2 is 1.67 bits per heavy atom. The van der Waals surface area contributed by atoms with Gasteiger partial charge < -0.3 is 0 Å². The molecule has 2 aromatic rings. The molecule has 2 rings (SSSR count). The van der Waals surface area contributed by atoms with Crippen molar-refractivity contribution in [3.63, 3.8) is 0 Å². The lowest BCUT2D eigenvalue weighted by atomic mass is 10.2. The maximum Gasteiger partial charge on any atom is 0.373 e. The molecule has 0 heterocycles. The van der Waals surface area contributed by atoms with Crippen molar-refractivity contribution in [1.29, 1.82) is 0 Å². The van der Waals surface area contributed by atoms with E-state index < -0.39 is 5.97 Å². The quantitative estimate of drug-likeness (QED) is 0.608. The van der Waals surface area contributed by atoms with Crippen LogP contribution in [0.25, 0.3) is 0 Å². The van der Waals surface area contributed by atoms with Crippen molar-refractivity contribution >= 4 is 5.97 Å². The fourth-order valence-corrected chi connectivity index (χ4v) is 1.39. The van der Waals surface area contributed by atoms with Gasteiger partial charge in [0.2, 0.25) is 0 Å². The predicted molar refractivity (Wildman–Crippen MR) is 67.5 cm³/mol. The molecule has 0 aliphatic rings. The molecule has 3 heteroatoms. The van der Waals surface area contributed by atoms with Crippen LogP contribution in [0.4, 0.5) is 0 Å². The van der Waals surface area contributed by atoms with E-state index in [9.17, 15) is 4.79 Å². The molecule has 0 bridgehead atoms. The standard InChI is InChI=1S/C15H13O3/c1-12-7-9-14(10-8-12)15(16)18-17-11-13-5-3-2-4-6-13/h2-11H,1H3. The van der Waals surface area contributed by atoms with Crippen LogP contribution >= 0.6 is 0 Å². The Labute approximate surface area is 106 Å². The number of carbonyl (C=O) groups excluding carboxylic acids is 1. The number of benzene rings is 2. The molecule has 0 spiro atoms. The highest BCUT2D eigenvalue weighted by atomic mass is 17.2. The van der Waals surface area contributed by atoms with E-state index in [1.165, 1.54) is 6.61 Å². The maximum atomic E-state index is 11.6. The second-order valence-electron chi connectivity index (χ2n) is 3.86. The summed E-state index contributed by atoms with van der Waals surface area (Å²) in [7, 11) is 0. The molecule has 18 heavy (non-hydrogen) atoms. The normalized spacial score (nSPS) is 10.1. The smallest absolute Gasteiger partial charge is 0.292 e. The number of hydrogen-bond donors (Lipinski definition) is 0. The molecule has 1 radical (unpaired) electrons. The van der Waals surface area contributed by atoms with E-state index in [4.69, 9.17) is 4.89 Å². The third kappa shape index (κ3) is 3.43. The van der Waals surface area contributed by atoms with E-state index in [-0.39, 0.29) is 0 Å². The van der Waals surface area contributed by atoms with Gasteiger partial charge in [-0.15, -0.1) is 0 Å². The molecule has 2 aromatic carbocycles. The van der Waals surface area contributed by atoms with Crippen LogP contribution in [-0.2, 0) is 9.78 Å². The van der Waals surface area contributed by atoms with Gasteiger partial charge in [0.05, 0.1) is 5.56 Å². The SMILES string of the molecule is Cc1ccc(C(=O)OO[CH]c2ccccc2)cc1. The second kappa shape index (κ2) is 5.98. The van der Waals surface area contributed by atoms with Crippen molar-refractivity contribution in [3.05, 3.63) is 77.9 Å². The molecule has 91 valence electrons. The Kier molecular flexibility index (Phi) is 4.10. The highest BCUT2D eigenvalue weighted by Gasteiger charge is 2.07. The first-order chi connectivity index (χ1) is 8.75. The topological polar surface area (TPSA) is 35.5 Å². The molecular formula is C15H13O3. The van der Waals surface area contributed by atoms with Gasteiger partial charge in [-0.05, 0) is 24.6 Å². The van der Waals surface area contributed by atoms with Crippen molar-refractivity contribution in [2.45, 2.75) is 6.92 Å². The zero-order valence-corrected chi connectivity index (χ0v) is 10.00. The summed E-state index contributed by atoms with van der Waals surface area (Å²) >= 11 is 0. The van der Waals surface area contributed by atoms with E-state index in [1.54, 1.807) is 12.1 Å². The van der Waals surface area contributed by atoms with Crippen LogP contribution in [0, 0.1) is 13.5 Å². The molecule has 3 nitrogen and oxygen atoms in total. The number of rotatable bonds is 4. The summed E-state index contributed by atoms with van der Waals surface area (Å²) in [5.41, 5.74) is 2.37. The molecule has 0 saturated carbocycles. The van der Waals surface area contributed by atoms with Crippen molar-refractivity contribution in [1.82, 2.24) is 0 Å². The van der Waals surface area contributed by atoms with E-state index >= 15 is 0 Å². The van der Waals surface area contributed by atoms with Crippen LogP contribution in [-0.4, -0.2) is 5.97 Å². The molecular weight excluding hydrogens is 228 g/mol. The van der Waals surface area contributed by atoms with Gasteiger partial charge in [-0.1, -0.05) is 48.0 Å². The van der Waals surface area contributed by atoms with Gasteiger partial charge >= 0.3 is 5.97 Å². The van der Waals surface area contributed by atoms with Crippen LogP contribution < -0.4 is 0 Å². The van der Waals surface area contributed by atoms with E-state index in [2.05, 4.69) is 4.89 Å². The Balaban J connectivity index is 1.84. The Bertz CT molecular complexity index is 503. The van der Waals surface area contributed by atoms with Crippen molar-refractivity contribution in [2.24, 2.45) is 0 Å². The fraction of sp³-hybridized carbons (Fsp3) is 0.0667. The maximum absolute atomic E-state index is 11.6. The van der Waals surface area contributed by atoms with E-state index in [0.29, 0.717) is 5.56 Å². The van der Waals surface area contributed by atoms with Gasteiger partial charge in [0.15, 0.2) is 6.61 Å². The molecule has 0 aromatic heterocycles. The minimum atomic E-state index is -0.512. The Hall–Kier alpha value is -2.13.